The quantitative estimate of drug-likeness (QED) is 0.568. The van der Waals surface area contributed by atoms with Crippen LogP contribution in [0, 0.1) is 11.7 Å². The van der Waals surface area contributed by atoms with Crippen molar-refractivity contribution in [1.29, 1.82) is 0 Å². The first kappa shape index (κ1) is 15.8. The van der Waals surface area contributed by atoms with E-state index in [0.717, 1.165) is 18.6 Å². The zero-order valence-electron chi connectivity index (χ0n) is 14.5. The van der Waals surface area contributed by atoms with Crippen LogP contribution in [-0.4, -0.2) is 6.61 Å². The predicted octanol–water partition coefficient (Wildman–Crippen LogP) is 5.83. The Morgan fingerprint density at radius 1 is 0.731 bits per heavy atom. The van der Waals surface area contributed by atoms with Crippen molar-refractivity contribution in [3.8, 4) is 0 Å². The Balaban J connectivity index is 1.65. The molecule has 0 amide bonds. The zero-order valence-corrected chi connectivity index (χ0v) is 14.5. The van der Waals surface area contributed by atoms with Crippen LogP contribution < -0.4 is 0 Å². The molecule has 130 valence electrons. The van der Waals surface area contributed by atoms with E-state index in [2.05, 4.69) is 54.6 Å². The molecule has 2 unspecified atom stereocenters. The second kappa shape index (κ2) is 6.37. The maximum absolute atomic E-state index is 13.4. The standard InChI is InChI=1S/C24H21FO/c25-18-12-10-17(11-13-18)24-23-21(14-15-26-24)19-8-4-5-9-20(19)22(23)16-6-2-1-3-7-16/h1-13,21-24H,14-15H2/t21?,22-,23?,24+/m1/s1. The van der Waals surface area contributed by atoms with Crippen LogP contribution in [-0.2, 0) is 4.74 Å². The average molecular weight is 344 g/mol. The lowest BCUT2D eigenvalue weighted by Crippen LogP contribution is -2.29. The van der Waals surface area contributed by atoms with Crippen molar-refractivity contribution in [3.05, 3.63) is 107 Å². The van der Waals surface area contributed by atoms with Gasteiger partial charge in [-0.1, -0.05) is 66.7 Å². The van der Waals surface area contributed by atoms with Crippen LogP contribution in [0.15, 0.2) is 78.9 Å². The number of fused-ring (bicyclic) bond motifs is 3. The van der Waals surface area contributed by atoms with Gasteiger partial charge in [0.05, 0.1) is 6.10 Å². The van der Waals surface area contributed by atoms with E-state index in [4.69, 9.17) is 4.74 Å². The molecule has 1 saturated heterocycles. The summed E-state index contributed by atoms with van der Waals surface area (Å²) >= 11 is 0. The van der Waals surface area contributed by atoms with Gasteiger partial charge in [-0.05, 0) is 46.7 Å². The number of halogens is 1. The molecule has 1 aliphatic heterocycles. The first-order valence-electron chi connectivity index (χ1n) is 9.34. The van der Waals surface area contributed by atoms with E-state index in [-0.39, 0.29) is 11.9 Å². The first-order valence-corrected chi connectivity index (χ1v) is 9.34. The lowest BCUT2D eigenvalue weighted by molar-refractivity contribution is -0.0398. The van der Waals surface area contributed by atoms with Crippen LogP contribution in [0.5, 0.6) is 0 Å². The molecule has 5 rings (SSSR count). The van der Waals surface area contributed by atoms with Gasteiger partial charge < -0.3 is 4.74 Å². The highest BCUT2D eigenvalue weighted by molar-refractivity contribution is 5.48. The number of benzene rings is 3. The Bertz CT molecular complexity index is 903. The molecule has 4 atom stereocenters. The van der Waals surface area contributed by atoms with Crippen molar-refractivity contribution in [2.24, 2.45) is 5.92 Å². The van der Waals surface area contributed by atoms with E-state index in [0.29, 0.717) is 17.8 Å². The third-order valence-electron chi connectivity index (χ3n) is 6.01. The van der Waals surface area contributed by atoms with Gasteiger partial charge >= 0.3 is 0 Å². The van der Waals surface area contributed by atoms with Crippen LogP contribution in [0.25, 0.3) is 0 Å². The second-order valence-corrected chi connectivity index (χ2v) is 7.33. The molecule has 1 fully saturated rings. The van der Waals surface area contributed by atoms with Crippen LogP contribution >= 0.6 is 0 Å². The summed E-state index contributed by atoms with van der Waals surface area (Å²) < 4.78 is 19.7. The molecule has 26 heavy (non-hydrogen) atoms. The highest BCUT2D eigenvalue weighted by atomic mass is 19.1. The summed E-state index contributed by atoms with van der Waals surface area (Å²) in [7, 11) is 0. The van der Waals surface area contributed by atoms with Crippen LogP contribution in [0.2, 0.25) is 0 Å². The fraction of sp³-hybridized carbons (Fsp3) is 0.250. The largest absolute Gasteiger partial charge is 0.373 e. The summed E-state index contributed by atoms with van der Waals surface area (Å²) in [5.41, 5.74) is 5.30. The maximum atomic E-state index is 13.4. The van der Waals surface area contributed by atoms with Crippen LogP contribution in [0.1, 0.15) is 46.6 Å². The average Bonchev–Trinajstić information content (AvgIpc) is 3.04. The lowest BCUT2D eigenvalue weighted by atomic mass is 9.74. The molecule has 3 aromatic carbocycles. The van der Waals surface area contributed by atoms with Gasteiger partial charge in [0, 0.05) is 18.4 Å². The SMILES string of the molecule is Fc1ccc([C@@H]2OCCC3c4ccccc4[C@@H](c4ccccc4)C32)cc1. The maximum Gasteiger partial charge on any atom is 0.123 e. The smallest absolute Gasteiger partial charge is 0.123 e. The molecule has 0 radical (unpaired) electrons. The van der Waals surface area contributed by atoms with E-state index < -0.39 is 0 Å². The minimum Gasteiger partial charge on any atom is -0.373 e. The molecule has 1 aliphatic carbocycles. The molecule has 0 bridgehead atoms. The predicted molar refractivity (Wildman–Crippen MR) is 101 cm³/mol. The Labute approximate surface area is 153 Å². The van der Waals surface area contributed by atoms with Gasteiger partial charge in [-0.15, -0.1) is 0 Å². The summed E-state index contributed by atoms with van der Waals surface area (Å²) in [4.78, 5) is 0. The molecular weight excluding hydrogens is 323 g/mol. The van der Waals surface area contributed by atoms with Crippen molar-refractivity contribution in [3.63, 3.8) is 0 Å². The molecule has 2 aliphatic rings. The number of rotatable bonds is 2. The normalized spacial score (nSPS) is 27.0. The number of ether oxygens (including phenoxy) is 1. The van der Waals surface area contributed by atoms with E-state index >= 15 is 0 Å². The van der Waals surface area contributed by atoms with Gasteiger partial charge in [0.25, 0.3) is 0 Å². The monoisotopic (exact) mass is 344 g/mol. The van der Waals surface area contributed by atoms with Crippen molar-refractivity contribution < 1.29 is 9.13 Å². The summed E-state index contributed by atoms with van der Waals surface area (Å²) in [5.74, 6) is 0.942. The Morgan fingerprint density at radius 3 is 2.19 bits per heavy atom. The lowest BCUT2D eigenvalue weighted by Gasteiger charge is -2.38. The molecule has 2 heteroatoms. The zero-order chi connectivity index (χ0) is 17.5. The molecule has 0 N–H and O–H groups in total. The van der Waals surface area contributed by atoms with Gasteiger partial charge in [0.2, 0.25) is 0 Å². The minimum atomic E-state index is -0.199. The van der Waals surface area contributed by atoms with Gasteiger partial charge in [-0.2, -0.15) is 0 Å². The third-order valence-corrected chi connectivity index (χ3v) is 6.01. The summed E-state index contributed by atoms with van der Waals surface area (Å²) in [6.45, 7) is 0.749. The van der Waals surface area contributed by atoms with E-state index in [9.17, 15) is 4.39 Å². The van der Waals surface area contributed by atoms with E-state index in [1.165, 1.54) is 16.7 Å². The fourth-order valence-corrected chi connectivity index (χ4v) is 4.98. The Kier molecular flexibility index (Phi) is 3.86. The van der Waals surface area contributed by atoms with Gasteiger partial charge in [-0.3, -0.25) is 0 Å². The molecule has 1 nitrogen and oxygen atoms in total. The third kappa shape index (κ3) is 2.48. The van der Waals surface area contributed by atoms with Crippen LogP contribution in [0.4, 0.5) is 4.39 Å². The highest BCUT2D eigenvalue weighted by Crippen LogP contribution is 2.58. The highest BCUT2D eigenvalue weighted by Gasteiger charge is 2.47. The van der Waals surface area contributed by atoms with Gasteiger partial charge in [0.1, 0.15) is 5.82 Å². The fourth-order valence-electron chi connectivity index (χ4n) is 4.98. The first-order chi connectivity index (χ1) is 12.8. The molecule has 0 saturated carbocycles. The van der Waals surface area contributed by atoms with E-state index in [1.54, 1.807) is 12.1 Å². The second-order valence-electron chi connectivity index (χ2n) is 7.33. The molecular formula is C24H21FO. The van der Waals surface area contributed by atoms with Crippen LogP contribution in [0.3, 0.4) is 0 Å². The Hall–Kier alpha value is -2.45. The molecule has 0 spiro atoms. The number of hydrogen-bond donors (Lipinski definition) is 0. The molecule has 1 heterocycles. The van der Waals surface area contributed by atoms with E-state index in [1.807, 2.05) is 12.1 Å². The Morgan fingerprint density at radius 2 is 1.42 bits per heavy atom. The van der Waals surface area contributed by atoms with Crippen molar-refractivity contribution in [2.45, 2.75) is 24.4 Å². The van der Waals surface area contributed by atoms with Crippen molar-refractivity contribution >= 4 is 0 Å². The number of hydrogen-bond acceptors (Lipinski definition) is 1. The van der Waals surface area contributed by atoms with Crippen molar-refractivity contribution in [2.75, 3.05) is 6.61 Å². The minimum absolute atomic E-state index is 0.00745. The summed E-state index contributed by atoms with van der Waals surface area (Å²) in [5, 5.41) is 0. The van der Waals surface area contributed by atoms with Gasteiger partial charge in [0.15, 0.2) is 0 Å². The summed E-state index contributed by atoms with van der Waals surface area (Å²) in [6, 6.07) is 26.4. The van der Waals surface area contributed by atoms with Gasteiger partial charge in [-0.25, -0.2) is 4.39 Å². The molecule has 0 aromatic heterocycles. The topological polar surface area (TPSA) is 9.23 Å². The van der Waals surface area contributed by atoms with Crippen molar-refractivity contribution in [1.82, 2.24) is 0 Å². The summed E-state index contributed by atoms with van der Waals surface area (Å²) in [6.07, 6.45) is 1.04. The molecule has 3 aromatic rings.